The van der Waals surface area contributed by atoms with Crippen molar-refractivity contribution in [2.75, 3.05) is 0 Å². The summed E-state index contributed by atoms with van der Waals surface area (Å²) in [6.45, 7) is 0. The zero-order valence-electron chi connectivity index (χ0n) is 8.87. The van der Waals surface area contributed by atoms with E-state index in [0.29, 0.717) is 0 Å². The quantitative estimate of drug-likeness (QED) is 0.586. The molecule has 81 valence electrons. The molecule has 0 aliphatic carbocycles. The van der Waals surface area contributed by atoms with Gasteiger partial charge in [0, 0.05) is 0 Å². The van der Waals surface area contributed by atoms with Gasteiger partial charge in [0.2, 0.25) is 0 Å². The van der Waals surface area contributed by atoms with Crippen LogP contribution in [0.15, 0.2) is 42.5 Å². The van der Waals surface area contributed by atoms with Crippen molar-refractivity contribution < 1.29 is 0 Å². The Balaban J connectivity index is 2.18. The molecule has 0 saturated heterocycles. The minimum absolute atomic E-state index is 0.726. The number of H-pyrrole nitrogens is 1. The number of fused-ring (bicyclic) bond motifs is 1. The van der Waals surface area contributed by atoms with Crippen molar-refractivity contribution in [3.63, 3.8) is 0 Å². The van der Waals surface area contributed by atoms with Crippen LogP contribution in [-0.2, 0) is 0 Å². The van der Waals surface area contributed by atoms with Gasteiger partial charge >= 0.3 is 120 Å². The number of imidazole rings is 1. The first-order valence-corrected chi connectivity index (χ1v) is 7.52. The summed E-state index contributed by atoms with van der Waals surface area (Å²) in [6.07, 6.45) is 0. The van der Waals surface area contributed by atoms with Gasteiger partial charge in [-0.05, 0) is 0 Å². The normalized spacial score (nSPS) is 10.9. The van der Waals surface area contributed by atoms with Gasteiger partial charge in [-0.25, -0.2) is 0 Å². The van der Waals surface area contributed by atoms with E-state index in [9.17, 15) is 0 Å². The van der Waals surface area contributed by atoms with Crippen LogP contribution in [0.1, 0.15) is 0 Å². The van der Waals surface area contributed by atoms with E-state index in [1.807, 2.05) is 18.2 Å². The van der Waals surface area contributed by atoms with Crippen LogP contribution in [0, 0.1) is 0 Å². The predicted octanol–water partition coefficient (Wildman–Crippen LogP) is 2.68. The number of aromatic nitrogens is 2. The number of benzene rings is 2. The molecule has 2 aromatic carbocycles. The van der Waals surface area contributed by atoms with Crippen molar-refractivity contribution in [1.82, 2.24) is 9.97 Å². The van der Waals surface area contributed by atoms with Crippen LogP contribution < -0.4 is 3.12 Å². The Morgan fingerprint density at radius 3 is 2.82 bits per heavy atom. The third-order valence-electron chi connectivity index (χ3n) is 2.58. The molecule has 0 saturated carbocycles. The fourth-order valence-electron chi connectivity index (χ4n) is 1.79. The topological polar surface area (TPSA) is 28.7 Å². The first-order valence-electron chi connectivity index (χ1n) is 5.20. The first kappa shape index (κ1) is 11.2. The molecule has 4 heteroatoms. The van der Waals surface area contributed by atoms with Gasteiger partial charge in [0.15, 0.2) is 0 Å². The summed E-state index contributed by atoms with van der Waals surface area (Å²) in [7, 11) is 0. The van der Waals surface area contributed by atoms with Crippen LogP contribution in [-0.4, -0.2) is 35.7 Å². The van der Waals surface area contributed by atoms with E-state index >= 15 is 0 Å². The summed E-state index contributed by atoms with van der Waals surface area (Å²) in [5.74, 6) is 0.903. The molecule has 0 bridgehead atoms. The number of hydrogen-bond acceptors (Lipinski definition) is 1. The molecule has 0 aliphatic heterocycles. The molecule has 0 amide bonds. The van der Waals surface area contributed by atoms with Gasteiger partial charge in [-0.1, -0.05) is 0 Å². The van der Waals surface area contributed by atoms with Gasteiger partial charge in [0.1, 0.15) is 0 Å². The van der Waals surface area contributed by atoms with E-state index in [0.717, 1.165) is 53.2 Å². The molecule has 1 aromatic heterocycles. The van der Waals surface area contributed by atoms with Crippen molar-refractivity contribution in [3.8, 4) is 11.4 Å². The summed E-state index contributed by atoms with van der Waals surface area (Å²) >= 11 is 7.01. The zero-order chi connectivity index (χ0) is 11.8. The average molecular weight is 435 g/mol. The van der Waals surface area contributed by atoms with Gasteiger partial charge in [-0.15, -0.1) is 0 Å². The fraction of sp³-hybridized carbons (Fsp3) is 0. The molecular weight excluding hydrogens is 427 g/mol. The Morgan fingerprint density at radius 2 is 2.00 bits per heavy atom. The SMILES string of the molecule is Clc1ccc2nc(-c3ccc[c]([Pb])c3)[nH]c2c1. The first-order chi connectivity index (χ1) is 8.22. The summed E-state index contributed by atoms with van der Waals surface area (Å²) < 4.78 is 1.36. The third-order valence-corrected chi connectivity index (χ3v) is 4.02. The van der Waals surface area contributed by atoms with Crippen LogP contribution in [0.5, 0.6) is 0 Å². The van der Waals surface area contributed by atoms with Crippen molar-refractivity contribution >= 4 is 51.5 Å². The summed E-state index contributed by atoms with van der Waals surface area (Å²) in [6, 6.07) is 14.1. The second-order valence-corrected chi connectivity index (χ2v) is 6.51. The summed E-state index contributed by atoms with van der Waals surface area (Å²) in [4.78, 5) is 7.87. The molecule has 2 nitrogen and oxygen atoms in total. The number of rotatable bonds is 1. The van der Waals surface area contributed by atoms with E-state index in [1.54, 1.807) is 0 Å². The zero-order valence-corrected chi connectivity index (χ0v) is 13.5. The molecule has 1 heterocycles. The van der Waals surface area contributed by atoms with Crippen molar-refractivity contribution in [2.24, 2.45) is 0 Å². The van der Waals surface area contributed by atoms with Gasteiger partial charge in [-0.3, -0.25) is 0 Å². The molecular formula is C13H8ClN2Pb. The molecule has 3 rings (SSSR count). The molecule has 1 N–H and O–H groups in total. The van der Waals surface area contributed by atoms with Crippen LogP contribution in [0.25, 0.3) is 22.4 Å². The maximum atomic E-state index is 5.96. The number of hydrogen-bond donors (Lipinski definition) is 1. The van der Waals surface area contributed by atoms with E-state index in [-0.39, 0.29) is 0 Å². The second-order valence-electron chi connectivity index (χ2n) is 3.83. The molecule has 3 radical (unpaired) electrons. The average Bonchev–Trinajstić information content (AvgIpc) is 2.72. The number of nitrogens with one attached hydrogen (secondary N) is 1. The van der Waals surface area contributed by atoms with Gasteiger partial charge < -0.3 is 0 Å². The Labute approximate surface area is 120 Å². The van der Waals surface area contributed by atoms with Gasteiger partial charge in [-0.2, -0.15) is 0 Å². The number of halogens is 1. The van der Waals surface area contributed by atoms with E-state index in [2.05, 4.69) is 34.2 Å². The maximum absolute atomic E-state index is 5.96. The van der Waals surface area contributed by atoms with Crippen LogP contribution in [0.4, 0.5) is 0 Å². The molecule has 0 fully saturated rings. The standard InChI is InChI=1S/C13H8ClN2.Pb/c14-10-6-7-11-12(8-10)16-13(15-11)9-4-2-1-3-5-9;/h1-2,4-8H,(H,15,16);. The molecule has 0 unspecified atom stereocenters. The van der Waals surface area contributed by atoms with Crippen LogP contribution in [0.3, 0.4) is 0 Å². The Morgan fingerprint density at radius 1 is 1.12 bits per heavy atom. The molecule has 0 aliphatic rings. The van der Waals surface area contributed by atoms with Gasteiger partial charge in [0.25, 0.3) is 0 Å². The summed E-state index contributed by atoms with van der Waals surface area (Å²) in [5, 5.41) is 0.726. The Bertz CT molecular complexity index is 691. The Kier molecular flexibility index (Phi) is 2.92. The minimum atomic E-state index is 0.726. The molecule has 0 atom stereocenters. The fourth-order valence-corrected chi connectivity index (χ4v) is 2.94. The van der Waals surface area contributed by atoms with Crippen molar-refractivity contribution in [1.29, 1.82) is 0 Å². The second kappa shape index (κ2) is 4.42. The van der Waals surface area contributed by atoms with Crippen LogP contribution in [0.2, 0.25) is 5.02 Å². The summed E-state index contributed by atoms with van der Waals surface area (Å²) in [5.41, 5.74) is 3.05. The molecule has 17 heavy (non-hydrogen) atoms. The van der Waals surface area contributed by atoms with Gasteiger partial charge in [0.05, 0.1) is 0 Å². The number of aromatic amines is 1. The van der Waals surface area contributed by atoms with E-state index < -0.39 is 0 Å². The predicted molar refractivity (Wildman–Crippen MR) is 71.9 cm³/mol. The van der Waals surface area contributed by atoms with Crippen LogP contribution >= 0.6 is 11.6 Å². The third kappa shape index (κ3) is 2.24. The monoisotopic (exact) mass is 435 g/mol. The Hall–Kier alpha value is -0.878. The van der Waals surface area contributed by atoms with E-state index in [1.165, 1.54) is 3.12 Å². The van der Waals surface area contributed by atoms with E-state index in [4.69, 9.17) is 11.6 Å². The number of nitrogens with zero attached hydrogens (tertiary/aromatic N) is 1. The van der Waals surface area contributed by atoms with Crippen molar-refractivity contribution in [3.05, 3.63) is 47.5 Å². The molecule has 0 spiro atoms. The molecule has 3 aromatic rings. The van der Waals surface area contributed by atoms with Crippen molar-refractivity contribution in [2.45, 2.75) is 0 Å².